The van der Waals surface area contributed by atoms with Crippen LogP contribution in [0, 0.1) is 11.3 Å². The molecule has 0 atom stereocenters. The highest BCUT2D eigenvalue weighted by atomic mass is 19.4. The van der Waals surface area contributed by atoms with Gasteiger partial charge < -0.3 is 4.98 Å². The van der Waals surface area contributed by atoms with Crippen LogP contribution in [-0.2, 0) is 6.18 Å². The third-order valence-corrected chi connectivity index (χ3v) is 4.04. The molecule has 0 bridgehead atoms. The minimum Gasteiger partial charge on any atom is -0.346 e. The van der Waals surface area contributed by atoms with Crippen LogP contribution in [0.25, 0.3) is 27.8 Å². The molecule has 26 heavy (non-hydrogen) atoms. The maximum Gasteiger partial charge on any atom is 0.418 e. The predicted molar refractivity (Wildman–Crippen MR) is 88.4 cm³/mol. The SMILES string of the molecule is N#Cc1cccc(C(F)(F)F)c1-n1cc(-c2ccnc3[nH]ccc23)cn1. The molecule has 0 aliphatic rings. The number of H-pyrrole nitrogens is 1. The number of para-hydroxylation sites is 1. The zero-order valence-electron chi connectivity index (χ0n) is 13.1. The van der Waals surface area contributed by atoms with Crippen molar-refractivity contribution in [1.29, 1.82) is 5.26 Å². The summed E-state index contributed by atoms with van der Waals surface area (Å²) in [7, 11) is 0. The van der Waals surface area contributed by atoms with Gasteiger partial charge in [0.1, 0.15) is 11.7 Å². The summed E-state index contributed by atoms with van der Waals surface area (Å²) in [5.41, 5.74) is 0.781. The summed E-state index contributed by atoms with van der Waals surface area (Å²) in [6, 6.07) is 8.88. The number of aromatic amines is 1. The number of fused-ring (bicyclic) bond motifs is 1. The fourth-order valence-electron chi connectivity index (χ4n) is 2.91. The molecule has 0 saturated heterocycles. The van der Waals surface area contributed by atoms with Gasteiger partial charge in [-0.15, -0.1) is 0 Å². The van der Waals surface area contributed by atoms with Crippen molar-refractivity contribution < 1.29 is 13.2 Å². The third-order valence-electron chi connectivity index (χ3n) is 4.04. The van der Waals surface area contributed by atoms with Gasteiger partial charge >= 0.3 is 6.18 Å². The van der Waals surface area contributed by atoms with Crippen LogP contribution >= 0.6 is 0 Å². The Morgan fingerprint density at radius 1 is 1.15 bits per heavy atom. The Morgan fingerprint density at radius 3 is 2.77 bits per heavy atom. The number of pyridine rings is 1. The highest BCUT2D eigenvalue weighted by molar-refractivity contribution is 5.92. The molecule has 0 aliphatic carbocycles. The Kier molecular flexibility index (Phi) is 3.51. The van der Waals surface area contributed by atoms with Crippen molar-refractivity contribution in [1.82, 2.24) is 19.7 Å². The number of nitrogens with one attached hydrogen (secondary N) is 1. The molecule has 1 N–H and O–H groups in total. The highest BCUT2D eigenvalue weighted by Gasteiger charge is 2.35. The number of benzene rings is 1. The fourth-order valence-corrected chi connectivity index (χ4v) is 2.91. The summed E-state index contributed by atoms with van der Waals surface area (Å²) < 4.78 is 41.2. The van der Waals surface area contributed by atoms with E-state index in [2.05, 4.69) is 15.1 Å². The van der Waals surface area contributed by atoms with Crippen LogP contribution in [-0.4, -0.2) is 19.7 Å². The first kappa shape index (κ1) is 15.9. The Bertz CT molecular complexity index is 1150. The summed E-state index contributed by atoms with van der Waals surface area (Å²) in [6.07, 6.45) is 1.69. The van der Waals surface area contributed by atoms with Crippen LogP contribution in [0.5, 0.6) is 0 Å². The first-order valence-electron chi connectivity index (χ1n) is 7.57. The molecular weight excluding hydrogens is 343 g/mol. The third kappa shape index (κ3) is 2.50. The maximum absolute atomic E-state index is 13.4. The Morgan fingerprint density at radius 2 is 2.00 bits per heavy atom. The molecule has 1 aromatic carbocycles. The van der Waals surface area contributed by atoms with Gasteiger partial charge in [0.15, 0.2) is 0 Å². The second-order valence-electron chi connectivity index (χ2n) is 5.58. The minimum absolute atomic E-state index is 0.101. The van der Waals surface area contributed by atoms with Crippen LogP contribution in [0.3, 0.4) is 0 Å². The van der Waals surface area contributed by atoms with Gasteiger partial charge in [0.2, 0.25) is 0 Å². The van der Waals surface area contributed by atoms with Crippen molar-refractivity contribution in [2.45, 2.75) is 6.18 Å². The van der Waals surface area contributed by atoms with E-state index >= 15 is 0 Å². The first-order valence-corrected chi connectivity index (χ1v) is 7.57. The minimum atomic E-state index is -4.60. The van der Waals surface area contributed by atoms with Gasteiger partial charge in [-0.25, -0.2) is 9.67 Å². The highest BCUT2D eigenvalue weighted by Crippen LogP contribution is 2.36. The largest absolute Gasteiger partial charge is 0.418 e. The van der Waals surface area contributed by atoms with Crippen LogP contribution in [0.2, 0.25) is 0 Å². The second kappa shape index (κ2) is 5.74. The number of nitrogens with zero attached hydrogens (tertiary/aromatic N) is 4. The van der Waals surface area contributed by atoms with Gasteiger partial charge in [-0.3, -0.25) is 0 Å². The van der Waals surface area contributed by atoms with E-state index in [9.17, 15) is 18.4 Å². The van der Waals surface area contributed by atoms with Gasteiger partial charge in [0.05, 0.1) is 23.0 Å². The van der Waals surface area contributed by atoms with Crippen LogP contribution in [0.4, 0.5) is 13.2 Å². The lowest BCUT2D eigenvalue weighted by atomic mass is 10.1. The smallest absolute Gasteiger partial charge is 0.346 e. The lowest BCUT2D eigenvalue weighted by molar-refractivity contribution is -0.137. The molecule has 0 radical (unpaired) electrons. The number of aromatic nitrogens is 4. The lowest BCUT2D eigenvalue weighted by Gasteiger charge is -2.13. The van der Waals surface area contributed by atoms with Gasteiger partial charge in [-0.1, -0.05) is 6.07 Å². The number of hydrogen-bond acceptors (Lipinski definition) is 3. The monoisotopic (exact) mass is 353 g/mol. The summed E-state index contributed by atoms with van der Waals surface area (Å²) in [5, 5.41) is 14.1. The molecule has 128 valence electrons. The normalized spacial score (nSPS) is 11.6. The number of halogens is 3. The second-order valence-corrected chi connectivity index (χ2v) is 5.58. The predicted octanol–water partition coefficient (Wildman–Crippen LogP) is 4.31. The van der Waals surface area contributed by atoms with E-state index in [1.54, 1.807) is 24.5 Å². The van der Waals surface area contributed by atoms with Gasteiger partial charge in [-0.2, -0.15) is 23.5 Å². The average Bonchev–Trinajstić information content (AvgIpc) is 3.29. The molecule has 0 fully saturated rings. The van der Waals surface area contributed by atoms with Crippen LogP contribution in [0.15, 0.2) is 55.1 Å². The van der Waals surface area contributed by atoms with E-state index < -0.39 is 11.7 Å². The molecule has 0 unspecified atom stereocenters. The van der Waals surface area contributed by atoms with Crippen LogP contribution in [0.1, 0.15) is 11.1 Å². The topological polar surface area (TPSA) is 70.3 Å². The summed E-state index contributed by atoms with van der Waals surface area (Å²) in [5.74, 6) is 0. The zero-order valence-corrected chi connectivity index (χ0v) is 13.1. The Hall–Kier alpha value is -3.60. The van der Waals surface area contributed by atoms with Crippen molar-refractivity contribution in [3.8, 4) is 22.9 Å². The van der Waals surface area contributed by atoms with E-state index in [0.29, 0.717) is 11.2 Å². The summed E-state index contributed by atoms with van der Waals surface area (Å²) in [4.78, 5) is 7.18. The number of nitriles is 1. The fraction of sp³-hybridized carbons (Fsp3) is 0.0556. The molecule has 0 saturated carbocycles. The Balaban J connectivity index is 1.91. The first-order chi connectivity index (χ1) is 12.5. The molecule has 0 spiro atoms. The van der Waals surface area contributed by atoms with Crippen molar-refractivity contribution in [3.05, 3.63) is 66.2 Å². The standard InChI is InChI=1S/C18H10F3N5/c19-18(20,21)15-3-1-2-11(8-22)16(15)26-10-12(9-25-26)13-4-6-23-17-14(13)5-7-24-17/h1-7,9-10H,(H,23,24). The van der Waals surface area contributed by atoms with Crippen molar-refractivity contribution in [2.75, 3.05) is 0 Å². The molecule has 4 aromatic rings. The molecule has 0 aliphatic heterocycles. The summed E-state index contributed by atoms with van der Waals surface area (Å²) in [6.45, 7) is 0. The van der Waals surface area contributed by atoms with E-state index in [1.165, 1.54) is 24.5 Å². The average molecular weight is 353 g/mol. The van der Waals surface area contributed by atoms with Gasteiger partial charge in [0, 0.05) is 29.5 Å². The number of hydrogen-bond donors (Lipinski definition) is 1. The van der Waals surface area contributed by atoms with E-state index in [4.69, 9.17) is 0 Å². The van der Waals surface area contributed by atoms with Crippen molar-refractivity contribution in [3.63, 3.8) is 0 Å². The van der Waals surface area contributed by atoms with E-state index in [0.717, 1.165) is 21.7 Å². The summed E-state index contributed by atoms with van der Waals surface area (Å²) >= 11 is 0. The number of rotatable bonds is 2. The van der Waals surface area contributed by atoms with Crippen molar-refractivity contribution in [2.24, 2.45) is 0 Å². The van der Waals surface area contributed by atoms with Gasteiger partial charge in [0.25, 0.3) is 0 Å². The van der Waals surface area contributed by atoms with Crippen molar-refractivity contribution >= 4 is 11.0 Å². The molecule has 3 aromatic heterocycles. The number of alkyl halides is 3. The lowest BCUT2D eigenvalue weighted by Crippen LogP contribution is -2.12. The molecule has 0 amide bonds. The van der Waals surface area contributed by atoms with E-state index in [-0.39, 0.29) is 11.3 Å². The Labute approximate surface area is 145 Å². The molecule has 5 nitrogen and oxygen atoms in total. The molecule has 8 heteroatoms. The van der Waals surface area contributed by atoms with E-state index in [1.807, 2.05) is 6.07 Å². The molecule has 3 heterocycles. The maximum atomic E-state index is 13.4. The molecule has 4 rings (SSSR count). The molecular formula is C18H10F3N5. The zero-order chi connectivity index (χ0) is 18.3. The quantitative estimate of drug-likeness (QED) is 0.584. The van der Waals surface area contributed by atoms with Gasteiger partial charge in [-0.05, 0) is 29.8 Å². The van der Waals surface area contributed by atoms with Crippen LogP contribution < -0.4 is 0 Å².